The SMILES string of the molecule is Cc1cccc(C(=O)/C=C/c2cccc(F)c2F)c1. The molecule has 0 fully saturated rings. The number of rotatable bonds is 3. The van der Waals surface area contributed by atoms with E-state index in [9.17, 15) is 13.6 Å². The maximum atomic E-state index is 13.4. The summed E-state index contributed by atoms with van der Waals surface area (Å²) in [5, 5.41) is 0. The molecule has 0 bridgehead atoms. The van der Waals surface area contributed by atoms with Crippen LogP contribution < -0.4 is 0 Å². The van der Waals surface area contributed by atoms with Crippen LogP contribution in [0, 0.1) is 18.6 Å². The van der Waals surface area contributed by atoms with Crippen LogP contribution in [0.25, 0.3) is 6.08 Å². The summed E-state index contributed by atoms with van der Waals surface area (Å²) in [5.74, 6) is -2.12. The molecule has 2 rings (SSSR count). The Hall–Kier alpha value is -2.29. The highest BCUT2D eigenvalue weighted by atomic mass is 19.2. The van der Waals surface area contributed by atoms with Gasteiger partial charge >= 0.3 is 0 Å². The van der Waals surface area contributed by atoms with E-state index in [0.717, 1.165) is 11.6 Å². The van der Waals surface area contributed by atoms with Gasteiger partial charge in [0.1, 0.15) is 0 Å². The molecule has 0 radical (unpaired) electrons. The molecular formula is C16H12F2O. The minimum Gasteiger partial charge on any atom is -0.289 e. The molecule has 0 saturated heterocycles. The molecule has 0 heterocycles. The van der Waals surface area contributed by atoms with Crippen molar-refractivity contribution in [2.75, 3.05) is 0 Å². The highest BCUT2D eigenvalue weighted by molar-refractivity contribution is 6.06. The molecule has 0 saturated carbocycles. The second-order valence-corrected chi connectivity index (χ2v) is 4.21. The predicted octanol–water partition coefficient (Wildman–Crippen LogP) is 4.17. The van der Waals surface area contributed by atoms with Gasteiger partial charge < -0.3 is 0 Å². The van der Waals surface area contributed by atoms with E-state index >= 15 is 0 Å². The maximum Gasteiger partial charge on any atom is 0.185 e. The van der Waals surface area contributed by atoms with Crippen molar-refractivity contribution < 1.29 is 13.6 Å². The lowest BCUT2D eigenvalue weighted by atomic mass is 10.1. The Morgan fingerprint density at radius 3 is 2.58 bits per heavy atom. The van der Waals surface area contributed by atoms with E-state index in [0.29, 0.717) is 5.56 Å². The van der Waals surface area contributed by atoms with Gasteiger partial charge in [-0.1, -0.05) is 35.9 Å². The van der Waals surface area contributed by atoms with Crippen molar-refractivity contribution in [2.24, 2.45) is 0 Å². The summed E-state index contributed by atoms with van der Waals surface area (Å²) >= 11 is 0. The van der Waals surface area contributed by atoms with Gasteiger partial charge in [0, 0.05) is 11.1 Å². The van der Waals surface area contributed by atoms with Crippen LogP contribution in [-0.4, -0.2) is 5.78 Å². The number of hydrogen-bond donors (Lipinski definition) is 0. The van der Waals surface area contributed by atoms with Crippen LogP contribution in [-0.2, 0) is 0 Å². The van der Waals surface area contributed by atoms with Crippen LogP contribution in [0.2, 0.25) is 0 Å². The Kier molecular flexibility index (Phi) is 3.85. The summed E-state index contributed by atoms with van der Waals surface area (Å²) in [5.41, 5.74) is 1.55. The fourth-order valence-corrected chi connectivity index (χ4v) is 1.71. The van der Waals surface area contributed by atoms with E-state index in [1.54, 1.807) is 18.2 Å². The Morgan fingerprint density at radius 2 is 1.84 bits per heavy atom. The zero-order valence-corrected chi connectivity index (χ0v) is 10.4. The fourth-order valence-electron chi connectivity index (χ4n) is 1.71. The highest BCUT2D eigenvalue weighted by Gasteiger charge is 2.06. The molecule has 1 nitrogen and oxygen atoms in total. The van der Waals surface area contributed by atoms with E-state index in [1.165, 1.54) is 24.3 Å². The normalized spacial score (nSPS) is 10.9. The van der Waals surface area contributed by atoms with Crippen LogP contribution in [0.5, 0.6) is 0 Å². The number of ketones is 1. The molecule has 0 aliphatic rings. The number of halogens is 2. The zero-order chi connectivity index (χ0) is 13.8. The first-order valence-electron chi connectivity index (χ1n) is 5.81. The molecule has 2 aromatic carbocycles. The Morgan fingerprint density at radius 1 is 1.11 bits per heavy atom. The van der Waals surface area contributed by atoms with Crippen molar-refractivity contribution in [1.82, 2.24) is 0 Å². The van der Waals surface area contributed by atoms with Gasteiger partial charge in [-0.2, -0.15) is 0 Å². The van der Waals surface area contributed by atoms with Crippen molar-refractivity contribution in [3.63, 3.8) is 0 Å². The molecule has 0 aliphatic heterocycles. The molecule has 0 unspecified atom stereocenters. The van der Waals surface area contributed by atoms with Crippen LogP contribution in [0.15, 0.2) is 48.5 Å². The molecule has 2 aromatic rings. The molecule has 0 aliphatic carbocycles. The summed E-state index contributed by atoms with van der Waals surface area (Å²) < 4.78 is 26.4. The molecular weight excluding hydrogens is 246 g/mol. The lowest BCUT2D eigenvalue weighted by Crippen LogP contribution is -1.95. The molecule has 19 heavy (non-hydrogen) atoms. The number of aryl methyl sites for hydroxylation is 1. The average molecular weight is 258 g/mol. The van der Waals surface area contributed by atoms with Crippen LogP contribution >= 0.6 is 0 Å². The van der Waals surface area contributed by atoms with Gasteiger partial charge in [-0.15, -0.1) is 0 Å². The first-order chi connectivity index (χ1) is 9.08. The third-order valence-electron chi connectivity index (χ3n) is 2.70. The van der Waals surface area contributed by atoms with E-state index in [4.69, 9.17) is 0 Å². The average Bonchev–Trinajstić information content (AvgIpc) is 2.40. The van der Waals surface area contributed by atoms with Gasteiger partial charge in [0.05, 0.1) is 0 Å². The number of benzene rings is 2. The van der Waals surface area contributed by atoms with Crippen LogP contribution in [0.3, 0.4) is 0 Å². The molecule has 0 amide bonds. The summed E-state index contributed by atoms with van der Waals surface area (Å²) in [6.45, 7) is 1.88. The third-order valence-corrected chi connectivity index (χ3v) is 2.70. The standard InChI is InChI=1S/C16H12F2O/c1-11-4-2-6-13(10-11)15(19)9-8-12-5-3-7-14(17)16(12)18/h2-10H,1H3/b9-8+. The summed E-state index contributed by atoms with van der Waals surface area (Å²) in [7, 11) is 0. The minimum atomic E-state index is -0.948. The summed E-state index contributed by atoms with van der Waals surface area (Å²) in [6, 6.07) is 10.9. The molecule has 0 N–H and O–H groups in total. The second kappa shape index (κ2) is 5.57. The Balaban J connectivity index is 2.23. The quantitative estimate of drug-likeness (QED) is 0.596. The fraction of sp³-hybridized carbons (Fsp3) is 0.0625. The largest absolute Gasteiger partial charge is 0.289 e. The molecule has 3 heteroatoms. The number of allylic oxidation sites excluding steroid dienone is 1. The number of hydrogen-bond acceptors (Lipinski definition) is 1. The topological polar surface area (TPSA) is 17.1 Å². The first kappa shape index (κ1) is 13.1. The van der Waals surface area contributed by atoms with Gasteiger partial charge in [-0.3, -0.25) is 4.79 Å². The second-order valence-electron chi connectivity index (χ2n) is 4.21. The summed E-state index contributed by atoms with van der Waals surface area (Å²) in [4.78, 5) is 11.9. The van der Waals surface area contributed by atoms with E-state index < -0.39 is 11.6 Å². The van der Waals surface area contributed by atoms with Gasteiger partial charge in [-0.25, -0.2) is 8.78 Å². The van der Waals surface area contributed by atoms with Crippen molar-refractivity contribution in [1.29, 1.82) is 0 Å². The zero-order valence-electron chi connectivity index (χ0n) is 10.4. The smallest absolute Gasteiger partial charge is 0.185 e. The lowest BCUT2D eigenvalue weighted by Gasteiger charge is -1.99. The molecule has 0 aromatic heterocycles. The van der Waals surface area contributed by atoms with Crippen molar-refractivity contribution in [3.8, 4) is 0 Å². The van der Waals surface area contributed by atoms with E-state index in [1.807, 2.05) is 13.0 Å². The third kappa shape index (κ3) is 3.13. The molecule has 96 valence electrons. The Bertz CT molecular complexity index is 645. The van der Waals surface area contributed by atoms with Crippen molar-refractivity contribution >= 4 is 11.9 Å². The van der Waals surface area contributed by atoms with Gasteiger partial charge in [0.15, 0.2) is 17.4 Å². The predicted molar refractivity (Wildman–Crippen MR) is 70.9 cm³/mol. The van der Waals surface area contributed by atoms with Gasteiger partial charge in [0.2, 0.25) is 0 Å². The maximum absolute atomic E-state index is 13.4. The minimum absolute atomic E-state index is 0.0565. The van der Waals surface area contributed by atoms with Crippen LogP contribution in [0.1, 0.15) is 21.5 Å². The number of carbonyl (C=O) groups excluding carboxylic acids is 1. The molecule has 0 atom stereocenters. The van der Waals surface area contributed by atoms with Crippen molar-refractivity contribution in [2.45, 2.75) is 6.92 Å². The molecule has 0 spiro atoms. The van der Waals surface area contributed by atoms with Gasteiger partial charge in [0.25, 0.3) is 0 Å². The highest BCUT2D eigenvalue weighted by Crippen LogP contribution is 2.13. The van der Waals surface area contributed by atoms with E-state index in [2.05, 4.69) is 0 Å². The number of carbonyl (C=O) groups is 1. The first-order valence-corrected chi connectivity index (χ1v) is 5.81. The van der Waals surface area contributed by atoms with E-state index in [-0.39, 0.29) is 11.3 Å². The summed E-state index contributed by atoms with van der Waals surface area (Å²) in [6.07, 6.45) is 2.52. The van der Waals surface area contributed by atoms with Gasteiger partial charge in [-0.05, 0) is 31.2 Å². The van der Waals surface area contributed by atoms with Crippen LogP contribution in [0.4, 0.5) is 8.78 Å². The lowest BCUT2D eigenvalue weighted by molar-refractivity contribution is 0.104. The van der Waals surface area contributed by atoms with Crippen molar-refractivity contribution in [3.05, 3.63) is 76.9 Å². The Labute approximate surface area is 110 Å². The monoisotopic (exact) mass is 258 g/mol.